The molecule has 3 nitrogen and oxygen atoms in total. The molecule has 0 aliphatic carbocycles. The van der Waals surface area contributed by atoms with Crippen LogP contribution in [0.4, 0.5) is 0 Å². The van der Waals surface area contributed by atoms with Crippen LogP contribution in [0.1, 0.15) is 34.6 Å². The number of carbonyl (C=O) groups excluding carboxylic acids is 1. The van der Waals surface area contributed by atoms with Gasteiger partial charge in [0.05, 0.1) is 0 Å². The van der Waals surface area contributed by atoms with Gasteiger partial charge in [-0.3, -0.25) is 4.79 Å². The van der Waals surface area contributed by atoms with E-state index in [9.17, 15) is 4.79 Å². The third-order valence-corrected chi connectivity index (χ3v) is 9.71. The van der Waals surface area contributed by atoms with E-state index in [0.29, 0.717) is 21.0 Å². The summed E-state index contributed by atoms with van der Waals surface area (Å²) < 4.78 is 5.11. The van der Waals surface area contributed by atoms with Gasteiger partial charge in [0, 0.05) is 39.4 Å². The van der Waals surface area contributed by atoms with E-state index in [0.717, 1.165) is 11.5 Å². The van der Waals surface area contributed by atoms with Gasteiger partial charge in [-0.2, -0.15) is 23.5 Å². The van der Waals surface area contributed by atoms with E-state index in [2.05, 4.69) is 27.7 Å². The minimum Gasteiger partial charge on any atom is -0.451 e. The molecule has 2 aliphatic heterocycles. The van der Waals surface area contributed by atoms with Gasteiger partial charge in [0.2, 0.25) is 0 Å². The number of aliphatic hydroxyl groups excluding tert-OH is 1. The summed E-state index contributed by atoms with van der Waals surface area (Å²) in [6.07, 6.45) is 0. The zero-order chi connectivity index (χ0) is 16.0. The Bertz CT molecular complexity index is 329. The molecule has 2 aliphatic rings. The largest absolute Gasteiger partial charge is 0.451 e. The lowest BCUT2D eigenvalue weighted by Crippen LogP contribution is -2.28. The van der Waals surface area contributed by atoms with E-state index in [4.69, 9.17) is 9.84 Å². The van der Waals surface area contributed by atoms with Gasteiger partial charge in [-0.05, 0) is 0 Å². The number of hydrogen-bond donors (Lipinski definition) is 1. The molecule has 6 unspecified atom stereocenters. The van der Waals surface area contributed by atoms with Crippen molar-refractivity contribution in [2.45, 2.75) is 66.5 Å². The van der Waals surface area contributed by atoms with Gasteiger partial charge in [0.15, 0.2) is 5.44 Å². The Balaban J connectivity index is 0.000000219. The van der Waals surface area contributed by atoms with Crippen LogP contribution in [0.25, 0.3) is 0 Å². The highest BCUT2D eigenvalue weighted by Crippen LogP contribution is 2.36. The summed E-state index contributed by atoms with van der Waals surface area (Å²) in [5.74, 6) is 1.65. The van der Waals surface area contributed by atoms with Crippen molar-refractivity contribution in [2.24, 2.45) is 0 Å². The predicted octanol–water partition coefficient (Wildman–Crippen LogP) is 3.69. The highest BCUT2D eigenvalue weighted by molar-refractivity contribution is 8.07. The molecule has 7 heteroatoms. The summed E-state index contributed by atoms with van der Waals surface area (Å²) >= 11 is 7.18. The third-order valence-electron chi connectivity index (χ3n) is 3.35. The van der Waals surface area contributed by atoms with E-state index < -0.39 is 0 Å². The number of carbonyl (C=O) groups is 1. The standard InChI is InChI=1S/C8H14O2S2.C6H12OS2/c1-5-6(2)12-8(4-11-5)10-7(3)9;1-4-5(2)9-6(7)3-8-4/h5-6,8H,4H2,1-3H3;4-7H,3H2,1-2H3. The topological polar surface area (TPSA) is 46.5 Å². The first-order valence-corrected chi connectivity index (χ1v) is 11.2. The fraction of sp³-hybridized carbons (Fsp3) is 0.929. The monoisotopic (exact) mass is 370 g/mol. The maximum Gasteiger partial charge on any atom is 0.303 e. The molecule has 0 aromatic carbocycles. The second-order valence-corrected chi connectivity index (χ2v) is 11.2. The highest BCUT2D eigenvalue weighted by atomic mass is 32.2. The average Bonchev–Trinajstić information content (AvgIpc) is 2.39. The molecule has 0 amide bonds. The van der Waals surface area contributed by atoms with Gasteiger partial charge in [-0.25, -0.2) is 0 Å². The Labute approximate surface area is 145 Å². The van der Waals surface area contributed by atoms with Crippen LogP contribution in [-0.4, -0.2) is 54.5 Å². The van der Waals surface area contributed by atoms with Gasteiger partial charge in [-0.15, -0.1) is 23.5 Å². The molecular weight excluding hydrogens is 344 g/mol. The third kappa shape index (κ3) is 7.77. The van der Waals surface area contributed by atoms with Crippen LogP contribution in [0.15, 0.2) is 0 Å². The van der Waals surface area contributed by atoms with E-state index in [1.807, 2.05) is 23.5 Å². The van der Waals surface area contributed by atoms with E-state index >= 15 is 0 Å². The first-order chi connectivity index (χ1) is 9.79. The number of hydrogen-bond acceptors (Lipinski definition) is 7. The van der Waals surface area contributed by atoms with Crippen molar-refractivity contribution >= 4 is 53.0 Å². The van der Waals surface area contributed by atoms with Crippen LogP contribution >= 0.6 is 47.0 Å². The van der Waals surface area contributed by atoms with Gasteiger partial charge < -0.3 is 9.84 Å². The Morgan fingerprint density at radius 3 is 1.90 bits per heavy atom. The molecule has 2 fully saturated rings. The first kappa shape index (κ1) is 19.9. The lowest BCUT2D eigenvalue weighted by Gasteiger charge is -2.30. The number of esters is 1. The fourth-order valence-corrected chi connectivity index (χ4v) is 6.87. The Kier molecular flexibility index (Phi) is 9.33. The number of thioether (sulfide) groups is 4. The lowest BCUT2D eigenvalue weighted by molar-refractivity contribution is -0.141. The summed E-state index contributed by atoms with van der Waals surface area (Å²) in [5.41, 5.74) is -0.0556. The molecular formula is C14H26O3S4. The second-order valence-electron chi connectivity index (χ2n) is 5.25. The number of ether oxygens (including phenoxy) is 1. The smallest absolute Gasteiger partial charge is 0.303 e. The molecule has 2 rings (SSSR count). The van der Waals surface area contributed by atoms with Crippen molar-refractivity contribution in [3.8, 4) is 0 Å². The quantitative estimate of drug-likeness (QED) is 0.706. The molecule has 0 radical (unpaired) electrons. The van der Waals surface area contributed by atoms with Crippen LogP contribution in [0, 0.1) is 0 Å². The Morgan fingerprint density at radius 2 is 1.48 bits per heavy atom. The van der Waals surface area contributed by atoms with Crippen molar-refractivity contribution in [3.05, 3.63) is 0 Å². The van der Waals surface area contributed by atoms with Crippen molar-refractivity contribution < 1.29 is 14.6 Å². The average molecular weight is 371 g/mol. The summed E-state index contributed by atoms with van der Waals surface area (Å²) in [5, 5.41) is 11.7. The summed E-state index contributed by atoms with van der Waals surface area (Å²) in [7, 11) is 0. The summed E-state index contributed by atoms with van der Waals surface area (Å²) in [6, 6.07) is 0. The van der Waals surface area contributed by atoms with Gasteiger partial charge in [-0.1, -0.05) is 27.7 Å². The normalized spacial score (nSPS) is 39.9. The van der Waals surface area contributed by atoms with Crippen LogP contribution in [0.3, 0.4) is 0 Å². The molecule has 0 aromatic heterocycles. The maximum atomic E-state index is 10.7. The van der Waals surface area contributed by atoms with E-state index in [1.54, 1.807) is 23.5 Å². The molecule has 6 atom stereocenters. The molecule has 0 saturated carbocycles. The SMILES string of the molecule is CC(=O)OC1CSC(C)C(C)S1.CC1SCC(O)SC1C. The van der Waals surface area contributed by atoms with Gasteiger partial charge in [0.1, 0.15) is 5.44 Å². The first-order valence-electron chi connectivity index (χ1n) is 7.19. The molecule has 1 N–H and O–H groups in total. The molecule has 0 spiro atoms. The lowest BCUT2D eigenvalue weighted by atomic mass is 10.4. The molecule has 2 saturated heterocycles. The van der Waals surface area contributed by atoms with Crippen molar-refractivity contribution in [3.63, 3.8) is 0 Å². The van der Waals surface area contributed by atoms with Crippen LogP contribution < -0.4 is 0 Å². The van der Waals surface area contributed by atoms with Crippen LogP contribution in [-0.2, 0) is 9.53 Å². The molecule has 21 heavy (non-hydrogen) atoms. The Hall–Kier alpha value is 0.830. The maximum absolute atomic E-state index is 10.7. The van der Waals surface area contributed by atoms with Crippen LogP contribution in [0.5, 0.6) is 0 Å². The van der Waals surface area contributed by atoms with Crippen LogP contribution in [0.2, 0.25) is 0 Å². The molecule has 2 heterocycles. The molecule has 0 aromatic rings. The van der Waals surface area contributed by atoms with Crippen molar-refractivity contribution in [1.82, 2.24) is 0 Å². The van der Waals surface area contributed by atoms with Crippen molar-refractivity contribution in [1.29, 1.82) is 0 Å². The minimum atomic E-state index is -0.171. The second kappa shape index (κ2) is 9.85. The predicted molar refractivity (Wildman–Crippen MR) is 99.5 cm³/mol. The van der Waals surface area contributed by atoms with E-state index in [1.165, 1.54) is 6.92 Å². The van der Waals surface area contributed by atoms with Gasteiger partial charge in [0.25, 0.3) is 0 Å². The summed E-state index contributed by atoms with van der Waals surface area (Å²) in [4.78, 5) is 10.7. The van der Waals surface area contributed by atoms with E-state index in [-0.39, 0.29) is 16.8 Å². The Morgan fingerprint density at radius 1 is 0.952 bits per heavy atom. The number of rotatable bonds is 1. The zero-order valence-electron chi connectivity index (χ0n) is 13.3. The summed E-state index contributed by atoms with van der Waals surface area (Å²) in [6.45, 7) is 10.2. The highest BCUT2D eigenvalue weighted by Gasteiger charge is 2.27. The number of aliphatic hydroxyl groups is 1. The van der Waals surface area contributed by atoms with Gasteiger partial charge >= 0.3 is 5.97 Å². The fourth-order valence-electron chi connectivity index (χ4n) is 1.77. The molecule has 124 valence electrons. The zero-order valence-corrected chi connectivity index (χ0v) is 16.5. The minimum absolute atomic E-state index is 0.0682. The van der Waals surface area contributed by atoms with Crippen molar-refractivity contribution in [2.75, 3.05) is 11.5 Å². The molecule has 0 bridgehead atoms.